The quantitative estimate of drug-likeness (QED) is 0.415. The topological polar surface area (TPSA) is 124 Å². The molecule has 1 aliphatic heterocycles. The number of pyridine rings is 1. The minimum atomic E-state index is -3.62. The van der Waals surface area contributed by atoms with Crippen LogP contribution in [0.5, 0.6) is 5.88 Å². The van der Waals surface area contributed by atoms with Gasteiger partial charge in [0, 0.05) is 43.2 Å². The summed E-state index contributed by atoms with van der Waals surface area (Å²) in [5.74, 6) is 0.762. The van der Waals surface area contributed by atoms with Crippen LogP contribution in [0.1, 0.15) is 25.0 Å². The zero-order chi connectivity index (χ0) is 25.3. The molecule has 0 saturated carbocycles. The predicted octanol–water partition coefficient (Wildman–Crippen LogP) is 2.82. The van der Waals surface area contributed by atoms with E-state index < -0.39 is 10.0 Å². The number of nitrogens with one attached hydrogen (secondary N) is 1. The van der Waals surface area contributed by atoms with Crippen LogP contribution in [-0.2, 0) is 14.8 Å². The van der Waals surface area contributed by atoms with E-state index in [0.717, 1.165) is 27.9 Å². The smallest absolute Gasteiger partial charge is 0.251 e. The van der Waals surface area contributed by atoms with Crippen molar-refractivity contribution in [3.05, 3.63) is 53.1 Å². The minimum Gasteiger partial charge on any atom is -0.481 e. The van der Waals surface area contributed by atoms with E-state index in [9.17, 15) is 8.42 Å². The maximum Gasteiger partial charge on any atom is 0.251 e. The molecule has 0 saturated heterocycles. The Balaban J connectivity index is 1.62. The molecular formula is C22H26BrN7O4S. The molecule has 1 N–H and O–H groups in total. The monoisotopic (exact) mass is 563 g/mol. The maximum absolute atomic E-state index is 12.1. The molecule has 0 aromatic carbocycles. The SMILES string of the molecule is C=CC1=CN(C)NC1CCO[C@H](C)c1cnc(OC)cc1-c1ncc2c(n1)c(Br)nn2S(C)(=O)=O. The third-order valence-electron chi connectivity index (χ3n) is 5.58. The number of hydrogen-bond acceptors (Lipinski definition) is 10. The summed E-state index contributed by atoms with van der Waals surface area (Å²) < 4.78 is 36.8. The van der Waals surface area contributed by atoms with E-state index in [0.29, 0.717) is 34.0 Å². The van der Waals surface area contributed by atoms with Gasteiger partial charge in [0.15, 0.2) is 10.4 Å². The second-order valence-electron chi connectivity index (χ2n) is 8.07. The lowest BCUT2D eigenvalue weighted by Crippen LogP contribution is -2.34. The van der Waals surface area contributed by atoms with Gasteiger partial charge >= 0.3 is 0 Å². The number of methoxy groups -OCH3 is 1. The van der Waals surface area contributed by atoms with Crippen LogP contribution in [0.4, 0.5) is 0 Å². The van der Waals surface area contributed by atoms with Crippen molar-refractivity contribution in [2.45, 2.75) is 25.5 Å². The predicted molar refractivity (Wildman–Crippen MR) is 135 cm³/mol. The van der Waals surface area contributed by atoms with Gasteiger partial charge in [0.05, 0.1) is 31.7 Å². The van der Waals surface area contributed by atoms with Crippen molar-refractivity contribution in [1.82, 2.24) is 34.6 Å². The van der Waals surface area contributed by atoms with Crippen LogP contribution in [-0.4, -0.2) is 70.6 Å². The summed E-state index contributed by atoms with van der Waals surface area (Å²) >= 11 is 3.30. The highest BCUT2D eigenvalue weighted by atomic mass is 79.9. The Kier molecular flexibility index (Phi) is 7.22. The van der Waals surface area contributed by atoms with Crippen molar-refractivity contribution in [2.75, 3.05) is 27.0 Å². The number of ether oxygens (including phenoxy) is 2. The third kappa shape index (κ3) is 5.22. The number of hydrazine groups is 1. The Labute approximate surface area is 212 Å². The van der Waals surface area contributed by atoms with Gasteiger partial charge in [0.25, 0.3) is 10.0 Å². The van der Waals surface area contributed by atoms with Crippen LogP contribution >= 0.6 is 15.9 Å². The van der Waals surface area contributed by atoms with E-state index in [2.05, 4.69) is 48.0 Å². The van der Waals surface area contributed by atoms with Gasteiger partial charge in [-0.3, -0.25) is 0 Å². The summed E-state index contributed by atoms with van der Waals surface area (Å²) in [6.45, 7) is 6.30. The van der Waals surface area contributed by atoms with Gasteiger partial charge in [-0.05, 0) is 34.8 Å². The first kappa shape index (κ1) is 25.2. The van der Waals surface area contributed by atoms with Gasteiger partial charge in [0.2, 0.25) is 5.88 Å². The molecule has 3 aromatic heterocycles. The standard InChI is InChI=1S/C22H26BrN7O4S/c1-6-14-12-29(3)27-17(14)7-8-34-13(2)16-10-24-19(33-4)9-15(16)22-25-11-18-20(26-22)21(23)28-30(18)35(5,31)32/h6,9-13,17,27H,1,7-8H2,2-5H3/t13-,17?/m1/s1. The highest BCUT2D eigenvalue weighted by Crippen LogP contribution is 2.32. The van der Waals surface area contributed by atoms with Crippen molar-refractivity contribution < 1.29 is 17.9 Å². The normalized spacial score (nSPS) is 17.0. The second kappa shape index (κ2) is 10.0. The van der Waals surface area contributed by atoms with Gasteiger partial charge in [-0.25, -0.2) is 28.8 Å². The molecule has 186 valence electrons. The first-order valence-corrected chi connectivity index (χ1v) is 13.4. The van der Waals surface area contributed by atoms with E-state index >= 15 is 0 Å². The number of nitrogens with zero attached hydrogens (tertiary/aromatic N) is 6. The molecule has 0 bridgehead atoms. The van der Waals surface area contributed by atoms with Crippen LogP contribution in [0.25, 0.3) is 22.4 Å². The van der Waals surface area contributed by atoms with Gasteiger partial charge in [-0.1, -0.05) is 12.7 Å². The van der Waals surface area contributed by atoms with Gasteiger partial charge in [-0.15, -0.1) is 5.10 Å². The molecule has 1 aliphatic rings. The zero-order valence-electron chi connectivity index (χ0n) is 19.8. The number of rotatable bonds is 9. The largest absolute Gasteiger partial charge is 0.481 e. The highest BCUT2D eigenvalue weighted by Gasteiger charge is 2.23. The van der Waals surface area contributed by atoms with Crippen molar-refractivity contribution >= 4 is 37.0 Å². The molecule has 2 atom stereocenters. The summed E-state index contributed by atoms with van der Waals surface area (Å²) in [4.78, 5) is 13.4. The van der Waals surface area contributed by atoms with Crippen molar-refractivity contribution in [2.24, 2.45) is 0 Å². The minimum absolute atomic E-state index is 0.132. The summed E-state index contributed by atoms with van der Waals surface area (Å²) in [5.41, 5.74) is 6.53. The average Bonchev–Trinajstić information content (AvgIpc) is 3.37. The van der Waals surface area contributed by atoms with E-state index in [1.807, 2.05) is 31.3 Å². The van der Waals surface area contributed by atoms with Crippen molar-refractivity contribution in [3.8, 4) is 17.3 Å². The Bertz CT molecular complexity index is 1410. The summed E-state index contributed by atoms with van der Waals surface area (Å²) in [7, 11) is -0.150. The summed E-state index contributed by atoms with van der Waals surface area (Å²) in [6, 6.07) is 1.87. The lowest BCUT2D eigenvalue weighted by molar-refractivity contribution is 0.0592. The highest BCUT2D eigenvalue weighted by molar-refractivity contribution is 9.10. The van der Waals surface area contributed by atoms with E-state index in [1.54, 1.807) is 12.3 Å². The molecule has 0 spiro atoms. The zero-order valence-corrected chi connectivity index (χ0v) is 22.2. The van der Waals surface area contributed by atoms with Gasteiger partial charge < -0.3 is 14.5 Å². The molecule has 4 rings (SSSR count). The van der Waals surface area contributed by atoms with Gasteiger partial charge in [-0.2, -0.15) is 4.09 Å². The Morgan fingerprint density at radius 1 is 1.34 bits per heavy atom. The summed E-state index contributed by atoms with van der Waals surface area (Å²) in [5, 5.41) is 5.95. The Hall–Kier alpha value is -2.87. The third-order valence-corrected chi connectivity index (χ3v) is 7.02. The average molecular weight is 564 g/mol. The Morgan fingerprint density at radius 3 is 2.80 bits per heavy atom. The number of halogens is 1. The number of aromatic nitrogens is 5. The van der Waals surface area contributed by atoms with Crippen LogP contribution < -0.4 is 10.2 Å². The second-order valence-corrected chi connectivity index (χ2v) is 10.6. The molecule has 0 aliphatic carbocycles. The van der Waals surface area contributed by atoms with Crippen molar-refractivity contribution in [1.29, 1.82) is 0 Å². The van der Waals surface area contributed by atoms with E-state index in [4.69, 9.17) is 9.47 Å². The van der Waals surface area contributed by atoms with Crippen molar-refractivity contribution in [3.63, 3.8) is 0 Å². The molecule has 1 unspecified atom stereocenters. The van der Waals surface area contributed by atoms with Crippen LogP contribution in [0.15, 0.2) is 47.5 Å². The lowest BCUT2D eigenvalue weighted by Gasteiger charge is -2.20. The molecule has 0 radical (unpaired) electrons. The fourth-order valence-electron chi connectivity index (χ4n) is 3.86. The maximum atomic E-state index is 12.1. The van der Waals surface area contributed by atoms with Crippen LogP contribution in [0, 0.1) is 0 Å². The molecule has 11 nitrogen and oxygen atoms in total. The van der Waals surface area contributed by atoms with E-state index in [-0.39, 0.29) is 17.7 Å². The molecule has 13 heteroatoms. The molecule has 0 amide bonds. The van der Waals surface area contributed by atoms with Crippen LogP contribution in [0.3, 0.4) is 0 Å². The van der Waals surface area contributed by atoms with Gasteiger partial charge in [0.1, 0.15) is 11.0 Å². The molecule has 35 heavy (non-hydrogen) atoms. The molecule has 4 heterocycles. The Morgan fingerprint density at radius 2 is 2.11 bits per heavy atom. The van der Waals surface area contributed by atoms with E-state index in [1.165, 1.54) is 13.3 Å². The van der Waals surface area contributed by atoms with Crippen LogP contribution in [0.2, 0.25) is 0 Å². The molecular weight excluding hydrogens is 538 g/mol. The fourth-order valence-corrected chi connectivity index (χ4v) is 5.13. The first-order valence-electron chi connectivity index (χ1n) is 10.7. The number of fused-ring (bicyclic) bond motifs is 1. The molecule has 3 aromatic rings. The molecule has 0 fully saturated rings. The summed E-state index contributed by atoms with van der Waals surface area (Å²) in [6.07, 6.45) is 8.46. The fraction of sp³-hybridized carbons (Fsp3) is 0.364. The number of hydrogen-bond donors (Lipinski definition) is 1. The first-order chi connectivity index (χ1) is 16.6. The lowest BCUT2D eigenvalue weighted by atomic mass is 10.0.